The van der Waals surface area contributed by atoms with Crippen molar-refractivity contribution in [1.29, 1.82) is 0 Å². The van der Waals surface area contributed by atoms with Gasteiger partial charge in [-0.25, -0.2) is 0 Å². The summed E-state index contributed by atoms with van der Waals surface area (Å²) >= 11 is 0. The van der Waals surface area contributed by atoms with E-state index < -0.39 is 0 Å². The standard InChI is InChI=1S/C13H16O2/c1-2-8-13(10-14-11-13)15-9-12-6-4-3-5-7-12/h2-7H,1,8-11H2. The molecule has 2 rings (SSSR count). The van der Waals surface area contributed by atoms with E-state index in [1.807, 2.05) is 24.3 Å². The molecule has 1 aromatic carbocycles. The van der Waals surface area contributed by atoms with Gasteiger partial charge in [-0.15, -0.1) is 6.58 Å². The van der Waals surface area contributed by atoms with Crippen molar-refractivity contribution < 1.29 is 9.47 Å². The van der Waals surface area contributed by atoms with Crippen LogP contribution in [0.2, 0.25) is 0 Å². The predicted molar refractivity (Wildman–Crippen MR) is 59.6 cm³/mol. The molecule has 1 aromatic rings. The molecule has 0 saturated carbocycles. The van der Waals surface area contributed by atoms with Crippen LogP contribution in [0.5, 0.6) is 0 Å². The Morgan fingerprint density at radius 2 is 2.07 bits per heavy atom. The summed E-state index contributed by atoms with van der Waals surface area (Å²) in [5, 5.41) is 0. The lowest BCUT2D eigenvalue weighted by atomic mass is 9.97. The van der Waals surface area contributed by atoms with E-state index in [0.717, 1.165) is 6.42 Å². The van der Waals surface area contributed by atoms with Gasteiger partial charge in [0.2, 0.25) is 0 Å². The van der Waals surface area contributed by atoms with Gasteiger partial charge in [-0.1, -0.05) is 36.4 Å². The van der Waals surface area contributed by atoms with Gasteiger partial charge in [0.25, 0.3) is 0 Å². The lowest BCUT2D eigenvalue weighted by Crippen LogP contribution is -2.51. The quantitative estimate of drug-likeness (QED) is 0.686. The number of hydrogen-bond donors (Lipinski definition) is 0. The second-order valence-corrected chi connectivity index (χ2v) is 3.94. The van der Waals surface area contributed by atoms with Gasteiger partial charge in [0.15, 0.2) is 0 Å². The van der Waals surface area contributed by atoms with E-state index >= 15 is 0 Å². The summed E-state index contributed by atoms with van der Waals surface area (Å²) in [4.78, 5) is 0. The van der Waals surface area contributed by atoms with Crippen LogP contribution in [0.4, 0.5) is 0 Å². The smallest absolute Gasteiger partial charge is 0.118 e. The van der Waals surface area contributed by atoms with Gasteiger partial charge >= 0.3 is 0 Å². The van der Waals surface area contributed by atoms with Crippen molar-refractivity contribution in [2.75, 3.05) is 13.2 Å². The van der Waals surface area contributed by atoms with E-state index in [1.165, 1.54) is 5.56 Å². The van der Waals surface area contributed by atoms with Crippen molar-refractivity contribution >= 4 is 0 Å². The van der Waals surface area contributed by atoms with Crippen LogP contribution < -0.4 is 0 Å². The first-order valence-electron chi connectivity index (χ1n) is 5.21. The predicted octanol–water partition coefficient (Wildman–Crippen LogP) is 2.55. The second kappa shape index (κ2) is 4.60. The van der Waals surface area contributed by atoms with E-state index in [9.17, 15) is 0 Å². The highest BCUT2D eigenvalue weighted by Gasteiger charge is 2.38. The highest BCUT2D eigenvalue weighted by molar-refractivity contribution is 5.13. The third-order valence-corrected chi connectivity index (χ3v) is 2.63. The second-order valence-electron chi connectivity index (χ2n) is 3.94. The molecule has 0 bridgehead atoms. The van der Waals surface area contributed by atoms with Crippen LogP contribution in [0.3, 0.4) is 0 Å². The third kappa shape index (κ3) is 2.46. The van der Waals surface area contributed by atoms with E-state index in [2.05, 4.69) is 18.7 Å². The number of rotatable bonds is 5. The molecule has 2 nitrogen and oxygen atoms in total. The van der Waals surface area contributed by atoms with Crippen LogP contribution in [0.1, 0.15) is 12.0 Å². The summed E-state index contributed by atoms with van der Waals surface area (Å²) in [6, 6.07) is 10.2. The molecule has 0 spiro atoms. The molecule has 0 aliphatic carbocycles. The maximum absolute atomic E-state index is 5.90. The molecule has 0 amide bonds. The van der Waals surface area contributed by atoms with Gasteiger partial charge in [-0.2, -0.15) is 0 Å². The SMILES string of the molecule is C=CCC1(OCc2ccccc2)COC1. The van der Waals surface area contributed by atoms with Crippen molar-refractivity contribution in [2.45, 2.75) is 18.6 Å². The van der Waals surface area contributed by atoms with E-state index in [4.69, 9.17) is 9.47 Å². The Morgan fingerprint density at radius 3 is 2.60 bits per heavy atom. The highest BCUT2D eigenvalue weighted by atomic mass is 16.6. The molecule has 0 N–H and O–H groups in total. The first-order chi connectivity index (χ1) is 7.35. The molecule has 1 aliphatic heterocycles. The Morgan fingerprint density at radius 1 is 1.33 bits per heavy atom. The fourth-order valence-electron chi connectivity index (χ4n) is 1.66. The fourth-order valence-corrected chi connectivity index (χ4v) is 1.66. The summed E-state index contributed by atoms with van der Waals surface area (Å²) in [5.41, 5.74) is 1.09. The van der Waals surface area contributed by atoms with Crippen LogP contribution in [0, 0.1) is 0 Å². The van der Waals surface area contributed by atoms with E-state index in [0.29, 0.717) is 19.8 Å². The molecule has 0 unspecified atom stereocenters. The Kier molecular flexibility index (Phi) is 3.19. The topological polar surface area (TPSA) is 18.5 Å². The fraction of sp³-hybridized carbons (Fsp3) is 0.385. The van der Waals surface area contributed by atoms with Crippen LogP contribution >= 0.6 is 0 Å². The van der Waals surface area contributed by atoms with Crippen LogP contribution in [-0.4, -0.2) is 18.8 Å². The number of benzene rings is 1. The molecule has 80 valence electrons. The first kappa shape index (κ1) is 10.4. The Labute approximate surface area is 90.5 Å². The molecule has 2 heteroatoms. The average Bonchev–Trinajstić information content (AvgIpc) is 2.23. The zero-order valence-electron chi connectivity index (χ0n) is 8.82. The van der Waals surface area contributed by atoms with Gasteiger partial charge in [-0.05, 0) is 12.0 Å². The minimum Gasteiger partial charge on any atom is -0.375 e. The molecule has 0 aromatic heterocycles. The maximum atomic E-state index is 5.90. The van der Waals surface area contributed by atoms with Crippen molar-refractivity contribution in [3.63, 3.8) is 0 Å². The van der Waals surface area contributed by atoms with Crippen LogP contribution in [0.25, 0.3) is 0 Å². The molecular formula is C13H16O2. The summed E-state index contributed by atoms with van der Waals surface area (Å²) in [6.07, 6.45) is 2.76. The minimum atomic E-state index is -0.114. The third-order valence-electron chi connectivity index (χ3n) is 2.63. The first-order valence-corrected chi connectivity index (χ1v) is 5.21. The minimum absolute atomic E-state index is 0.114. The van der Waals surface area contributed by atoms with Crippen LogP contribution in [0.15, 0.2) is 43.0 Å². The number of ether oxygens (including phenoxy) is 2. The van der Waals surface area contributed by atoms with Gasteiger partial charge in [0, 0.05) is 0 Å². The van der Waals surface area contributed by atoms with Gasteiger partial charge in [-0.3, -0.25) is 0 Å². The van der Waals surface area contributed by atoms with E-state index in [1.54, 1.807) is 0 Å². The molecular weight excluding hydrogens is 188 g/mol. The largest absolute Gasteiger partial charge is 0.375 e. The van der Waals surface area contributed by atoms with Gasteiger partial charge in [0.1, 0.15) is 5.60 Å². The van der Waals surface area contributed by atoms with Crippen molar-refractivity contribution in [3.05, 3.63) is 48.6 Å². The lowest BCUT2D eigenvalue weighted by molar-refractivity contribution is -0.213. The van der Waals surface area contributed by atoms with Crippen molar-refractivity contribution in [3.8, 4) is 0 Å². The van der Waals surface area contributed by atoms with Crippen molar-refractivity contribution in [1.82, 2.24) is 0 Å². The van der Waals surface area contributed by atoms with Crippen LogP contribution in [-0.2, 0) is 16.1 Å². The normalized spacial score (nSPS) is 18.1. The molecule has 1 saturated heterocycles. The zero-order valence-corrected chi connectivity index (χ0v) is 8.82. The molecule has 0 atom stereocenters. The lowest BCUT2D eigenvalue weighted by Gasteiger charge is -2.40. The van der Waals surface area contributed by atoms with Gasteiger partial charge < -0.3 is 9.47 Å². The zero-order chi connectivity index (χ0) is 10.6. The summed E-state index contributed by atoms with van der Waals surface area (Å²) in [5.74, 6) is 0. The summed E-state index contributed by atoms with van der Waals surface area (Å²) in [7, 11) is 0. The van der Waals surface area contributed by atoms with E-state index in [-0.39, 0.29) is 5.60 Å². The molecule has 1 fully saturated rings. The molecule has 1 heterocycles. The Hall–Kier alpha value is -1.12. The number of hydrogen-bond acceptors (Lipinski definition) is 2. The Bertz CT molecular complexity index is 315. The van der Waals surface area contributed by atoms with Gasteiger partial charge in [0.05, 0.1) is 19.8 Å². The maximum Gasteiger partial charge on any atom is 0.118 e. The average molecular weight is 204 g/mol. The Balaban J connectivity index is 1.89. The highest BCUT2D eigenvalue weighted by Crippen LogP contribution is 2.27. The monoisotopic (exact) mass is 204 g/mol. The molecule has 15 heavy (non-hydrogen) atoms. The molecule has 0 radical (unpaired) electrons. The van der Waals surface area contributed by atoms with Crippen molar-refractivity contribution in [2.24, 2.45) is 0 Å². The summed E-state index contributed by atoms with van der Waals surface area (Å²) < 4.78 is 11.1. The summed E-state index contributed by atoms with van der Waals surface area (Å²) in [6.45, 7) is 5.77. The molecule has 1 aliphatic rings.